The van der Waals surface area contributed by atoms with Gasteiger partial charge in [-0.25, -0.2) is 4.99 Å². The number of thiocarbonyl (C=S) groups is 1. The second kappa shape index (κ2) is 6.81. The molecule has 0 aromatic heterocycles. The third-order valence-corrected chi connectivity index (χ3v) is 1.46. The van der Waals surface area contributed by atoms with Crippen LogP contribution in [0.15, 0.2) is 16.5 Å². The lowest BCUT2D eigenvalue weighted by molar-refractivity contribution is 0.691. The molecule has 0 aromatic rings. The normalized spacial score (nSPS) is 12.9. The van der Waals surface area contributed by atoms with Crippen molar-refractivity contribution in [1.82, 2.24) is 0 Å². The fraction of sp³-hybridized carbons (Fsp3) is 0.500. The van der Waals surface area contributed by atoms with E-state index in [1.54, 1.807) is 11.7 Å². The van der Waals surface area contributed by atoms with Crippen LogP contribution in [0, 0.1) is 0 Å². The lowest BCUT2D eigenvalue weighted by Crippen LogP contribution is -1.77. The Labute approximate surface area is 68.5 Å². The van der Waals surface area contributed by atoms with Crippen LogP contribution in [0.5, 0.6) is 0 Å². The predicted molar refractivity (Wildman–Crippen MR) is 47.7 cm³/mol. The van der Waals surface area contributed by atoms with Crippen molar-refractivity contribution in [1.29, 1.82) is 0 Å². The van der Waals surface area contributed by atoms with Gasteiger partial charge in [-0.1, -0.05) is 6.08 Å². The van der Waals surface area contributed by atoms with E-state index in [0.717, 1.165) is 6.42 Å². The van der Waals surface area contributed by atoms with E-state index in [-0.39, 0.29) is 0 Å². The van der Waals surface area contributed by atoms with Gasteiger partial charge >= 0.3 is 0 Å². The highest BCUT2D eigenvalue weighted by Gasteiger charge is 1.78. The van der Waals surface area contributed by atoms with E-state index in [9.17, 15) is 4.21 Å². The molecule has 2 nitrogen and oxygen atoms in total. The zero-order valence-electron chi connectivity index (χ0n) is 5.74. The summed E-state index contributed by atoms with van der Waals surface area (Å²) in [5, 5.41) is 3.89. The molecule has 0 amide bonds. The van der Waals surface area contributed by atoms with Gasteiger partial charge < -0.3 is 0 Å². The van der Waals surface area contributed by atoms with Crippen LogP contribution >= 0.6 is 12.2 Å². The van der Waals surface area contributed by atoms with Crippen LogP contribution in [0.2, 0.25) is 0 Å². The van der Waals surface area contributed by atoms with E-state index in [1.165, 1.54) is 0 Å². The van der Waals surface area contributed by atoms with Crippen molar-refractivity contribution in [3.63, 3.8) is 0 Å². The van der Waals surface area contributed by atoms with E-state index >= 15 is 0 Å². The van der Waals surface area contributed by atoms with Crippen molar-refractivity contribution >= 4 is 28.2 Å². The summed E-state index contributed by atoms with van der Waals surface area (Å²) in [5.41, 5.74) is 0. The van der Waals surface area contributed by atoms with Crippen LogP contribution in [0.1, 0.15) is 6.42 Å². The van der Waals surface area contributed by atoms with E-state index in [4.69, 9.17) is 0 Å². The first kappa shape index (κ1) is 9.69. The van der Waals surface area contributed by atoms with Crippen molar-refractivity contribution in [2.75, 3.05) is 12.8 Å². The Hall–Kier alpha value is -0.310. The van der Waals surface area contributed by atoms with Crippen LogP contribution in [0.4, 0.5) is 0 Å². The van der Waals surface area contributed by atoms with Crippen molar-refractivity contribution in [3.8, 4) is 0 Å². The summed E-state index contributed by atoms with van der Waals surface area (Å²) in [7, 11) is -0.840. The van der Waals surface area contributed by atoms with Crippen molar-refractivity contribution in [2.45, 2.75) is 6.42 Å². The molecule has 0 rings (SSSR count). The summed E-state index contributed by atoms with van der Waals surface area (Å²) >= 11 is 4.35. The molecule has 0 aliphatic carbocycles. The molecule has 10 heavy (non-hydrogen) atoms. The molecular weight excluding hydrogens is 166 g/mol. The van der Waals surface area contributed by atoms with Crippen LogP contribution in [0.3, 0.4) is 0 Å². The molecule has 0 saturated carbocycles. The fourth-order valence-electron chi connectivity index (χ4n) is 0.388. The summed E-state index contributed by atoms with van der Waals surface area (Å²) in [6.45, 7) is 0.636. The van der Waals surface area contributed by atoms with Crippen molar-refractivity contribution < 1.29 is 4.21 Å². The molecule has 0 saturated heterocycles. The van der Waals surface area contributed by atoms with E-state index in [0.29, 0.717) is 6.54 Å². The summed E-state index contributed by atoms with van der Waals surface area (Å²) in [6, 6.07) is 0. The molecule has 0 aliphatic heterocycles. The van der Waals surface area contributed by atoms with Gasteiger partial charge in [-0.15, -0.1) is 0 Å². The summed E-state index contributed by atoms with van der Waals surface area (Å²) in [4.78, 5) is 3.68. The first-order valence-electron chi connectivity index (χ1n) is 2.80. The molecular formula is C6H9NOS2. The molecule has 0 aliphatic rings. The van der Waals surface area contributed by atoms with Gasteiger partial charge in [0.05, 0.1) is 11.7 Å². The molecule has 4 heteroatoms. The third-order valence-electron chi connectivity index (χ3n) is 0.760. The molecule has 0 bridgehead atoms. The predicted octanol–water partition coefficient (Wildman–Crippen LogP) is 1.37. The van der Waals surface area contributed by atoms with Gasteiger partial charge in [0.1, 0.15) is 0 Å². The zero-order chi connectivity index (χ0) is 7.82. The Morgan fingerprint density at radius 2 is 2.50 bits per heavy atom. The van der Waals surface area contributed by atoms with Crippen molar-refractivity contribution in [3.05, 3.63) is 11.5 Å². The highest BCUT2D eigenvalue weighted by molar-refractivity contribution is 7.87. The van der Waals surface area contributed by atoms with E-state index < -0.39 is 10.8 Å². The Kier molecular flexibility index (Phi) is 6.59. The van der Waals surface area contributed by atoms with Crippen LogP contribution in [0.25, 0.3) is 0 Å². The topological polar surface area (TPSA) is 29.4 Å². The Morgan fingerprint density at radius 3 is 3.00 bits per heavy atom. The van der Waals surface area contributed by atoms with Gasteiger partial charge in [0, 0.05) is 17.1 Å². The number of hydrogen-bond acceptors (Lipinski definition) is 3. The van der Waals surface area contributed by atoms with Gasteiger partial charge in [0.2, 0.25) is 0 Å². The standard InChI is InChI=1S/C6H9NOS2/c1-10(8)5-3-2-4-7-6-9/h3,5H,2,4H2,1H3/b5-3-/t10-/m0/s1. The second-order valence-electron chi connectivity index (χ2n) is 1.63. The van der Waals surface area contributed by atoms with Gasteiger partial charge in [-0.3, -0.25) is 4.21 Å². The molecule has 0 fully saturated rings. The van der Waals surface area contributed by atoms with Gasteiger partial charge in [-0.05, 0) is 24.0 Å². The minimum Gasteiger partial charge on any atom is -0.255 e. The molecule has 0 radical (unpaired) electrons. The SMILES string of the molecule is C[S@](=O)/C=C\CCN=C=S. The lowest BCUT2D eigenvalue weighted by atomic mass is 10.4. The smallest absolute Gasteiger partial charge is 0.0585 e. The average molecular weight is 175 g/mol. The molecule has 0 unspecified atom stereocenters. The van der Waals surface area contributed by atoms with Crippen LogP contribution in [-0.2, 0) is 10.8 Å². The molecule has 56 valence electrons. The van der Waals surface area contributed by atoms with Crippen LogP contribution < -0.4 is 0 Å². The van der Waals surface area contributed by atoms with E-state index in [1.807, 2.05) is 6.08 Å². The van der Waals surface area contributed by atoms with Crippen molar-refractivity contribution in [2.24, 2.45) is 4.99 Å². The number of isothiocyanates is 1. The summed E-state index contributed by atoms with van der Waals surface area (Å²) < 4.78 is 10.4. The Bertz CT molecular complexity index is 182. The minimum absolute atomic E-state index is 0.636. The molecule has 0 spiro atoms. The number of hydrogen-bond donors (Lipinski definition) is 0. The zero-order valence-corrected chi connectivity index (χ0v) is 7.37. The maximum atomic E-state index is 10.4. The first-order valence-corrected chi connectivity index (χ1v) is 4.83. The van der Waals surface area contributed by atoms with Gasteiger partial charge in [-0.2, -0.15) is 0 Å². The highest BCUT2D eigenvalue weighted by atomic mass is 32.2. The molecule has 0 N–H and O–H groups in total. The summed E-state index contributed by atoms with van der Waals surface area (Å²) in [6.07, 6.45) is 4.23. The monoisotopic (exact) mass is 175 g/mol. The fourth-order valence-corrected chi connectivity index (χ4v) is 0.887. The molecule has 0 aromatic carbocycles. The second-order valence-corrected chi connectivity index (χ2v) is 3.08. The van der Waals surface area contributed by atoms with Crippen LogP contribution in [-0.4, -0.2) is 22.2 Å². The maximum absolute atomic E-state index is 10.4. The molecule has 0 heterocycles. The van der Waals surface area contributed by atoms with Gasteiger partial charge in [0.15, 0.2) is 0 Å². The largest absolute Gasteiger partial charge is 0.255 e. The maximum Gasteiger partial charge on any atom is 0.0585 e. The first-order chi connectivity index (χ1) is 4.77. The summed E-state index contributed by atoms with van der Waals surface area (Å²) in [5.74, 6) is 0. The lowest BCUT2D eigenvalue weighted by Gasteiger charge is -1.82. The molecule has 1 atom stereocenters. The third kappa shape index (κ3) is 7.69. The van der Waals surface area contributed by atoms with E-state index in [2.05, 4.69) is 22.4 Å². The number of aliphatic imine (C=N–C) groups is 1. The number of rotatable bonds is 4. The number of nitrogens with zero attached hydrogens (tertiary/aromatic N) is 1. The Balaban J connectivity index is 3.35. The average Bonchev–Trinajstić information content (AvgIpc) is 1.87. The minimum atomic E-state index is -0.840. The Morgan fingerprint density at radius 1 is 1.80 bits per heavy atom. The quantitative estimate of drug-likeness (QED) is 0.367. The highest BCUT2D eigenvalue weighted by Crippen LogP contribution is 1.85. The van der Waals surface area contributed by atoms with Gasteiger partial charge in [0.25, 0.3) is 0 Å².